The molecule has 3 aromatic carbocycles. The molecule has 1 heterocycles. The molecule has 1 aromatic heterocycles. The van der Waals surface area contributed by atoms with Crippen LogP contribution in [0.2, 0.25) is 0 Å². The second kappa shape index (κ2) is 7.21. The quantitative estimate of drug-likeness (QED) is 0.568. The van der Waals surface area contributed by atoms with E-state index in [0.29, 0.717) is 28.2 Å². The highest BCUT2D eigenvalue weighted by Crippen LogP contribution is 2.26. The van der Waals surface area contributed by atoms with Gasteiger partial charge in [0.1, 0.15) is 5.82 Å². The van der Waals surface area contributed by atoms with Gasteiger partial charge in [-0.25, -0.2) is 4.39 Å². The summed E-state index contributed by atoms with van der Waals surface area (Å²) in [6.45, 7) is 0. The molecule has 6 heteroatoms. The molecule has 0 radical (unpaired) electrons. The molecule has 0 spiro atoms. The number of nitrogens with one attached hydrogen (secondary N) is 1. The Kier molecular flexibility index (Phi) is 4.45. The third-order valence-electron chi connectivity index (χ3n) is 3.96. The Morgan fingerprint density at radius 1 is 0.889 bits per heavy atom. The maximum atomic E-state index is 13.1. The van der Waals surface area contributed by atoms with Crippen molar-refractivity contribution in [2.24, 2.45) is 0 Å². The number of amides is 1. The Labute approximate surface area is 154 Å². The minimum Gasteiger partial charge on any atom is -0.334 e. The topological polar surface area (TPSA) is 68.0 Å². The number of carbonyl (C=O) groups excluding carboxylic acids is 1. The van der Waals surface area contributed by atoms with Gasteiger partial charge in [-0.1, -0.05) is 35.5 Å². The van der Waals surface area contributed by atoms with E-state index in [0.717, 1.165) is 0 Å². The van der Waals surface area contributed by atoms with Gasteiger partial charge in [-0.15, -0.1) is 0 Å². The van der Waals surface area contributed by atoms with E-state index in [-0.39, 0.29) is 17.6 Å². The summed E-state index contributed by atoms with van der Waals surface area (Å²) in [5.74, 6) is -0.0832. The van der Waals surface area contributed by atoms with Gasteiger partial charge < -0.3 is 9.84 Å². The molecule has 5 nitrogen and oxygen atoms in total. The van der Waals surface area contributed by atoms with Crippen LogP contribution in [0, 0.1) is 5.82 Å². The van der Waals surface area contributed by atoms with Crippen molar-refractivity contribution in [2.75, 3.05) is 5.32 Å². The Bertz CT molecular complexity index is 1080. The van der Waals surface area contributed by atoms with E-state index < -0.39 is 0 Å². The summed E-state index contributed by atoms with van der Waals surface area (Å²) in [5, 5.41) is 6.78. The summed E-state index contributed by atoms with van der Waals surface area (Å²) in [6, 6.07) is 21.9. The molecular weight excluding hydrogens is 345 g/mol. The number of anilines is 1. The van der Waals surface area contributed by atoms with Gasteiger partial charge in [0.15, 0.2) is 0 Å². The summed E-state index contributed by atoms with van der Waals surface area (Å²) in [7, 11) is 0. The van der Waals surface area contributed by atoms with E-state index in [1.807, 2.05) is 18.2 Å². The van der Waals surface area contributed by atoms with E-state index in [9.17, 15) is 9.18 Å². The molecule has 0 aliphatic rings. The minimum atomic E-state index is -0.342. The van der Waals surface area contributed by atoms with Crippen LogP contribution in [0.1, 0.15) is 10.4 Å². The van der Waals surface area contributed by atoms with Crippen LogP contribution in [0.15, 0.2) is 83.4 Å². The fraction of sp³-hybridized carbons (Fsp3) is 0. The van der Waals surface area contributed by atoms with Gasteiger partial charge >= 0.3 is 0 Å². The number of nitrogens with zero attached hydrogens (tertiary/aromatic N) is 2. The van der Waals surface area contributed by atoms with Crippen LogP contribution in [0.4, 0.5) is 10.1 Å². The average Bonchev–Trinajstić information content (AvgIpc) is 3.19. The Balaban J connectivity index is 1.65. The van der Waals surface area contributed by atoms with E-state index >= 15 is 0 Å². The lowest BCUT2D eigenvalue weighted by Crippen LogP contribution is -2.13. The number of halogens is 1. The predicted molar refractivity (Wildman–Crippen MR) is 99.5 cm³/mol. The SMILES string of the molecule is O=C(Nc1ccccc1)c1ccccc1-c1nc(-c2ccc(F)cc2)no1. The van der Waals surface area contributed by atoms with E-state index in [1.54, 1.807) is 48.5 Å². The van der Waals surface area contributed by atoms with Gasteiger partial charge in [-0.05, 0) is 48.5 Å². The van der Waals surface area contributed by atoms with Crippen LogP contribution in [-0.2, 0) is 0 Å². The van der Waals surface area contributed by atoms with Crippen LogP contribution in [0.25, 0.3) is 22.8 Å². The molecule has 0 saturated heterocycles. The fourth-order valence-electron chi connectivity index (χ4n) is 2.64. The first-order valence-corrected chi connectivity index (χ1v) is 8.26. The van der Waals surface area contributed by atoms with Crippen LogP contribution in [0.3, 0.4) is 0 Å². The molecule has 0 fully saturated rings. The van der Waals surface area contributed by atoms with Gasteiger partial charge in [0.05, 0.1) is 11.1 Å². The van der Waals surface area contributed by atoms with Crippen molar-refractivity contribution in [1.82, 2.24) is 10.1 Å². The van der Waals surface area contributed by atoms with Gasteiger partial charge in [-0.3, -0.25) is 4.79 Å². The number of hydrogen-bond donors (Lipinski definition) is 1. The van der Waals surface area contributed by atoms with Crippen molar-refractivity contribution < 1.29 is 13.7 Å². The molecular formula is C21H14FN3O2. The molecule has 0 aliphatic carbocycles. The molecule has 4 aromatic rings. The number of benzene rings is 3. The molecule has 0 saturated carbocycles. The molecule has 0 atom stereocenters. The molecule has 0 aliphatic heterocycles. The maximum Gasteiger partial charge on any atom is 0.259 e. The lowest BCUT2D eigenvalue weighted by molar-refractivity contribution is 0.102. The Hall–Kier alpha value is -3.80. The summed E-state index contributed by atoms with van der Waals surface area (Å²) in [5.41, 5.74) is 2.25. The second-order valence-corrected chi connectivity index (χ2v) is 5.80. The largest absolute Gasteiger partial charge is 0.334 e. The zero-order valence-electron chi connectivity index (χ0n) is 14.1. The summed E-state index contributed by atoms with van der Waals surface area (Å²) < 4.78 is 18.4. The van der Waals surface area contributed by atoms with E-state index in [4.69, 9.17) is 4.52 Å². The third-order valence-corrected chi connectivity index (χ3v) is 3.96. The molecule has 0 bridgehead atoms. The fourth-order valence-corrected chi connectivity index (χ4v) is 2.64. The number of rotatable bonds is 4. The van der Waals surface area contributed by atoms with Crippen molar-refractivity contribution in [3.05, 3.63) is 90.2 Å². The van der Waals surface area contributed by atoms with Crippen LogP contribution >= 0.6 is 0 Å². The number of hydrogen-bond acceptors (Lipinski definition) is 4. The van der Waals surface area contributed by atoms with Gasteiger partial charge in [-0.2, -0.15) is 4.98 Å². The summed E-state index contributed by atoms with van der Waals surface area (Å²) in [4.78, 5) is 17.0. The monoisotopic (exact) mass is 359 g/mol. The number of carbonyl (C=O) groups is 1. The lowest BCUT2D eigenvalue weighted by atomic mass is 10.1. The summed E-state index contributed by atoms with van der Waals surface area (Å²) >= 11 is 0. The molecule has 1 N–H and O–H groups in total. The zero-order valence-corrected chi connectivity index (χ0v) is 14.1. The van der Waals surface area contributed by atoms with Gasteiger partial charge in [0.2, 0.25) is 5.82 Å². The van der Waals surface area contributed by atoms with Gasteiger partial charge in [0, 0.05) is 11.3 Å². The minimum absolute atomic E-state index is 0.216. The molecule has 4 rings (SSSR count). The summed E-state index contributed by atoms with van der Waals surface area (Å²) in [6.07, 6.45) is 0. The smallest absolute Gasteiger partial charge is 0.259 e. The highest BCUT2D eigenvalue weighted by atomic mass is 19.1. The first kappa shape index (κ1) is 16.7. The van der Waals surface area contributed by atoms with Crippen molar-refractivity contribution in [1.29, 1.82) is 0 Å². The van der Waals surface area contributed by atoms with Crippen LogP contribution < -0.4 is 5.32 Å². The van der Waals surface area contributed by atoms with Gasteiger partial charge in [0.25, 0.3) is 11.8 Å². The predicted octanol–water partition coefficient (Wildman–Crippen LogP) is 4.80. The van der Waals surface area contributed by atoms with Crippen molar-refractivity contribution >= 4 is 11.6 Å². The highest BCUT2D eigenvalue weighted by Gasteiger charge is 2.18. The first-order chi connectivity index (χ1) is 13.2. The molecule has 0 unspecified atom stereocenters. The van der Waals surface area contributed by atoms with Crippen LogP contribution in [-0.4, -0.2) is 16.0 Å². The highest BCUT2D eigenvalue weighted by molar-refractivity contribution is 6.08. The lowest BCUT2D eigenvalue weighted by Gasteiger charge is -2.07. The normalized spacial score (nSPS) is 10.6. The van der Waals surface area contributed by atoms with Crippen molar-refractivity contribution in [3.63, 3.8) is 0 Å². The first-order valence-electron chi connectivity index (χ1n) is 8.26. The molecule has 132 valence electrons. The van der Waals surface area contributed by atoms with E-state index in [1.165, 1.54) is 12.1 Å². The third kappa shape index (κ3) is 3.59. The molecule has 27 heavy (non-hydrogen) atoms. The number of para-hydroxylation sites is 1. The van der Waals surface area contributed by atoms with Crippen LogP contribution in [0.5, 0.6) is 0 Å². The molecule has 1 amide bonds. The number of aromatic nitrogens is 2. The Morgan fingerprint density at radius 3 is 2.37 bits per heavy atom. The maximum absolute atomic E-state index is 13.1. The van der Waals surface area contributed by atoms with E-state index in [2.05, 4.69) is 15.5 Å². The van der Waals surface area contributed by atoms with Crippen molar-refractivity contribution in [3.8, 4) is 22.8 Å². The second-order valence-electron chi connectivity index (χ2n) is 5.80. The Morgan fingerprint density at radius 2 is 1.59 bits per heavy atom. The average molecular weight is 359 g/mol. The standard InChI is InChI=1S/C21H14FN3O2/c22-15-12-10-14(11-13-15)19-24-21(27-25-19)18-9-5-4-8-17(18)20(26)23-16-6-2-1-3-7-16/h1-13H,(H,23,26). The zero-order chi connectivity index (χ0) is 18.6. The van der Waals surface area contributed by atoms with Crippen molar-refractivity contribution in [2.45, 2.75) is 0 Å².